The molecule has 0 saturated heterocycles. The fourth-order valence-corrected chi connectivity index (χ4v) is 9.80. The summed E-state index contributed by atoms with van der Waals surface area (Å²) in [5, 5.41) is 2.49. The minimum Gasteiger partial charge on any atom is -0.293 e. The molecule has 3 atom stereocenters. The summed E-state index contributed by atoms with van der Waals surface area (Å²) in [4.78, 5) is 5.90. The van der Waals surface area contributed by atoms with Crippen molar-refractivity contribution < 1.29 is 0 Å². The minimum atomic E-state index is -0.506. The first kappa shape index (κ1) is 32.6. The van der Waals surface area contributed by atoms with Gasteiger partial charge in [-0.3, -0.25) is 4.57 Å². The van der Waals surface area contributed by atoms with E-state index in [0.717, 1.165) is 23.5 Å². The second-order valence-corrected chi connectivity index (χ2v) is 15.4. The Labute approximate surface area is 328 Å². The summed E-state index contributed by atoms with van der Waals surface area (Å²) >= 11 is 0. The van der Waals surface area contributed by atoms with Crippen molar-refractivity contribution in [2.45, 2.75) is 24.7 Å². The van der Waals surface area contributed by atoms with Crippen LogP contribution >= 0.6 is 0 Å². The molecule has 56 heavy (non-hydrogen) atoms. The Morgan fingerprint density at radius 2 is 1.38 bits per heavy atom. The van der Waals surface area contributed by atoms with Gasteiger partial charge in [-0.2, -0.15) is 0 Å². The highest BCUT2D eigenvalue weighted by Crippen LogP contribution is 2.59. The van der Waals surface area contributed by atoms with Gasteiger partial charge in [0.05, 0.1) is 16.4 Å². The van der Waals surface area contributed by atoms with Crippen molar-refractivity contribution in [2.75, 3.05) is 0 Å². The molecule has 0 N–H and O–H groups in total. The van der Waals surface area contributed by atoms with Crippen LogP contribution in [0, 0.1) is 5.92 Å². The topological polar surface area (TPSA) is 17.3 Å². The van der Waals surface area contributed by atoms with Crippen LogP contribution in [-0.2, 0) is 5.41 Å². The highest BCUT2D eigenvalue weighted by Gasteiger charge is 2.49. The van der Waals surface area contributed by atoms with Crippen molar-refractivity contribution in [2.24, 2.45) is 10.9 Å². The number of para-hydroxylation sites is 1. The number of benzene rings is 7. The van der Waals surface area contributed by atoms with Crippen LogP contribution in [0.2, 0.25) is 0 Å². The highest BCUT2D eigenvalue weighted by atomic mass is 15.1. The first-order valence-corrected chi connectivity index (χ1v) is 19.8. The summed E-state index contributed by atoms with van der Waals surface area (Å²) in [6.07, 6.45) is 12.3. The monoisotopic (exact) mass is 716 g/mol. The average Bonchev–Trinajstić information content (AvgIpc) is 3.76. The van der Waals surface area contributed by atoms with E-state index in [2.05, 4.69) is 212 Å². The molecule has 11 rings (SSSR count). The standard InChI is InChI=1S/C54H40N2/c1-36(39-21-15-22-40(34-39)37-17-5-2-6-18-37)33-49(38-19-7-3-8-20-38)55-53-41-23-16-26-43(35-41)54(42-24-9-4-10-25-42)48-29-13-11-27-44(48)46-31-32-47-45-28-12-14-30-50(45)56(53)52(47)51(46)54/h2-19,21-36,38H,20H2,1H3/b49-33-,55-53?. The van der Waals surface area contributed by atoms with Crippen LogP contribution in [0.5, 0.6) is 0 Å². The molecule has 0 amide bonds. The van der Waals surface area contributed by atoms with Gasteiger partial charge in [0.15, 0.2) is 0 Å². The van der Waals surface area contributed by atoms with Gasteiger partial charge in [0, 0.05) is 39.4 Å². The Hall–Kier alpha value is -6.77. The molecule has 2 nitrogen and oxygen atoms in total. The smallest absolute Gasteiger partial charge is 0.145 e. The van der Waals surface area contributed by atoms with Crippen LogP contribution < -0.4 is 0 Å². The zero-order valence-corrected chi connectivity index (χ0v) is 31.3. The van der Waals surface area contributed by atoms with Gasteiger partial charge < -0.3 is 0 Å². The predicted octanol–water partition coefficient (Wildman–Crippen LogP) is 13.3. The summed E-state index contributed by atoms with van der Waals surface area (Å²) in [7, 11) is 0. The molecule has 1 aliphatic heterocycles. The van der Waals surface area contributed by atoms with E-state index >= 15 is 0 Å². The zero-order chi connectivity index (χ0) is 37.2. The summed E-state index contributed by atoms with van der Waals surface area (Å²) in [6, 6.07) is 62.8. The van der Waals surface area contributed by atoms with Gasteiger partial charge in [0.1, 0.15) is 5.84 Å². The molecule has 0 radical (unpaired) electrons. The van der Waals surface area contributed by atoms with E-state index in [1.54, 1.807) is 0 Å². The molecule has 0 saturated carbocycles. The number of allylic oxidation sites excluding steroid dienone is 5. The molecular formula is C54H40N2. The number of nitrogens with zero attached hydrogens (tertiary/aromatic N) is 2. The number of fused-ring (bicyclic) bond motifs is 9. The lowest BCUT2D eigenvalue weighted by Crippen LogP contribution is -2.32. The second kappa shape index (κ2) is 12.9. The van der Waals surface area contributed by atoms with E-state index in [0.29, 0.717) is 0 Å². The van der Waals surface area contributed by atoms with Gasteiger partial charge >= 0.3 is 0 Å². The second-order valence-electron chi connectivity index (χ2n) is 15.4. The molecule has 2 aliphatic carbocycles. The fourth-order valence-electron chi connectivity index (χ4n) is 9.80. The Morgan fingerprint density at radius 1 is 0.643 bits per heavy atom. The molecule has 7 aromatic carbocycles. The van der Waals surface area contributed by atoms with Crippen molar-refractivity contribution in [1.82, 2.24) is 4.57 Å². The predicted molar refractivity (Wildman–Crippen MR) is 233 cm³/mol. The number of hydrogen-bond donors (Lipinski definition) is 0. The molecule has 1 aromatic heterocycles. The van der Waals surface area contributed by atoms with Crippen molar-refractivity contribution in [3.05, 3.63) is 239 Å². The minimum absolute atomic E-state index is 0.139. The molecule has 2 bridgehead atoms. The summed E-state index contributed by atoms with van der Waals surface area (Å²) in [5.74, 6) is 1.25. The SMILES string of the molecule is CC(/C=C(\N=C1c2cccc(c2)C2(c3ccccc3)c3ccccc3-c3ccc4c5ccccc5n1c4c32)C1C=CC=CC1)c1cccc(-c2ccccc2)c1. The van der Waals surface area contributed by atoms with Crippen LogP contribution in [0.15, 0.2) is 211 Å². The van der Waals surface area contributed by atoms with E-state index < -0.39 is 5.41 Å². The van der Waals surface area contributed by atoms with Gasteiger partial charge in [-0.05, 0) is 63.1 Å². The highest BCUT2D eigenvalue weighted by molar-refractivity contribution is 6.21. The molecule has 0 fully saturated rings. The number of aromatic nitrogens is 1. The molecular weight excluding hydrogens is 677 g/mol. The van der Waals surface area contributed by atoms with E-state index in [4.69, 9.17) is 4.99 Å². The van der Waals surface area contributed by atoms with E-state index in [1.165, 1.54) is 71.9 Å². The van der Waals surface area contributed by atoms with E-state index in [-0.39, 0.29) is 11.8 Å². The summed E-state index contributed by atoms with van der Waals surface area (Å²) < 4.78 is 2.50. The maximum Gasteiger partial charge on any atom is 0.145 e. The third-order valence-electron chi connectivity index (χ3n) is 12.3. The number of rotatable bonds is 6. The van der Waals surface area contributed by atoms with Gasteiger partial charge in [-0.25, -0.2) is 4.99 Å². The third-order valence-corrected chi connectivity index (χ3v) is 12.3. The van der Waals surface area contributed by atoms with Crippen molar-refractivity contribution >= 4 is 27.6 Å². The Kier molecular flexibility index (Phi) is 7.53. The van der Waals surface area contributed by atoms with E-state index in [9.17, 15) is 0 Å². The van der Waals surface area contributed by atoms with Gasteiger partial charge in [0.25, 0.3) is 0 Å². The van der Waals surface area contributed by atoms with Gasteiger partial charge in [-0.15, -0.1) is 0 Å². The lowest BCUT2D eigenvalue weighted by Gasteiger charge is -2.36. The quantitative estimate of drug-likeness (QED) is 0.163. The molecule has 2 heterocycles. The zero-order valence-electron chi connectivity index (χ0n) is 31.3. The van der Waals surface area contributed by atoms with Gasteiger partial charge in [0.2, 0.25) is 0 Å². The molecule has 3 aliphatic rings. The Balaban J connectivity index is 1.21. The van der Waals surface area contributed by atoms with Crippen LogP contribution in [0.4, 0.5) is 0 Å². The number of aliphatic imine (C=N–C) groups is 1. The molecule has 266 valence electrons. The largest absolute Gasteiger partial charge is 0.293 e. The normalized spacial score (nSPS) is 19.3. The molecule has 3 unspecified atom stereocenters. The molecule has 2 heteroatoms. The number of hydrogen-bond acceptors (Lipinski definition) is 1. The third kappa shape index (κ3) is 4.85. The van der Waals surface area contributed by atoms with Crippen LogP contribution in [0.25, 0.3) is 44.1 Å². The van der Waals surface area contributed by atoms with Crippen LogP contribution in [0.1, 0.15) is 52.6 Å². The molecule has 0 spiro atoms. The maximum atomic E-state index is 5.90. The van der Waals surface area contributed by atoms with Crippen molar-refractivity contribution in [1.29, 1.82) is 0 Å². The first-order chi connectivity index (χ1) is 27.7. The summed E-state index contributed by atoms with van der Waals surface area (Å²) in [5.41, 5.74) is 15.6. The average molecular weight is 717 g/mol. The first-order valence-electron chi connectivity index (χ1n) is 19.8. The summed E-state index contributed by atoms with van der Waals surface area (Å²) in [6.45, 7) is 2.31. The lowest BCUT2D eigenvalue weighted by molar-refractivity contribution is 0.740. The molecule has 8 aromatic rings. The fraction of sp³-hybridized carbons (Fsp3) is 0.0926. The Morgan fingerprint density at radius 3 is 2.23 bits per heavy atom. The Bertz CT molecular complexity index is 2960. The maximum absolute atomic E-state index is 5.90. The van der Waals surface area contributed by atoms with Gasteiger partial charge in [-0.1, -0.05) is 195 Å². The van der Waals surface area contributed by atoms with Crippen molar-refractivity contribution in [3.8, 4) is 22.3 Å². The van der Waals surface area contributed by atoms with Crippen LogP contribution in [0.3, 0.4) is 0 Å². The van der Waals surface area contributed by atoms with Crippen LogP contribution in [-0.4, -0.2) is 10.4 Å². The van der Waals surface area contributed by atoms with Crippen molar-refractivity contribution in [3.63, 3.8) is 0 Å². The van der Waals surface area contributed by atoms with E-state index in [1.807, 2.05) is 0 Å². The lowest BCUT2D eigenvalue weighted by atomic mass is 9.66.